The highest BCUT2D eigenvalue weighted by Gasteiger charge is 2.20. The van der Waals surface area contributed by atoms with Gasteiger partial charge in [-0.1, -0.05) is 12.8 Å². The third-order valence-corrected chi connectivity index (χ3v) is 5.41. The molecule has 4 rings (SSSR count). The van der Waals surface area contributed by atoms with Crippen molar-refractivity contribution in [3.05, 3.63) is 24.0 Å². The molecular formula is C18H27N7. The zero-order valence-electron chi connectivity index (χ0n) is 14.5. The second-order valence-corrected chi connectivity index (χ2v) is 7.34. The lowest BCUT2D eigenvalue weighted by molar-refractivity contribution is 0.410. The van der Waals surface area contributed by atoms with Gasteiger partial charge in [-0.05, 0) is 44.6 Å². The summed E-state index contributed by atoms with van der Waals surface area (Å²) in [6, 6.07) is 4.73. The molecule has 2 aromatic heterocycles. The second-order valence-electron chi connectivity index (χ2n) is 7.34. The molecule has 7 heteroatoms. The lowest BCUT2D eigenvalue weighted by Gasteiger charge is -2.26. The Labute approximate surface area is 148 Å². The lowest BCUT2D eigenvalue weighted by atomic mass is 9.92. The van der Waals surface area contributed by atoms with E-state index in [4.69, 9.17) is 5.73 Å². The third-order valence-electron chi connectivity index (χ3n) is 5.41. The van der Waals surface area contributed by atoms with Crippen molar-refractivity contribution in [1.29, 1.82) is 0 Å². The van der Waals surface area contributed by atoms with Gasteiger partial charge in [0.1, 0.15) is 5.82 Å². The zero-order valence-corrected chi connectivity index (χ0v) is 14.5. The van der Waals surface area contributed by atoms with Crippen LogP contribution in [0.5, 0.6) is 0 Å². The van der Waals surface area contributed by atoms with E-state index in [0.29, 0.717) is 23.9 Å². The molecule has 0 spiro atoms. The molecule has 7 nitrogen and oxygen atoms in total. The van der Waals surface area contributed by atoms with Gasteiger partial charge in [0.2, 0.25) is 5.95 Å². The van der Waals surface area contributed by atoms with Gasteiger partial charge in [-0.15, -0.1) is 0 Å². The smallest absolute Gasteiger partial charge is 0.224 e. The van der Waals surface area contributed by atoms with Gasteiger partial charge in [0.15, 0.2) is 5.82 Å². The summed E-state index contributed by atoms with van der Waals surface area (Å²) in [7, 11) is 0. The fourth-order valence-corrected chi connectivity index (χ4v) is 3.92. The number of nitrogens with two attached hydrogens (primary N) is 1. The van der Waals surface area contributed by atoms with Gasteiger partial charge in [0.05, 0.1) is 0 Å². The summed E-state index contributed by atoms with van der Waals surface area (Å²) in [6.07, 6.45) is 11.2. The molecule has 25 heavy (non-hydrogen) atoms. The van der Waals surface area contributed by atoms with Crippen LogP contribution in [0.25, 0.3) is 0 Å². The first-order valence-electron chi connectivity index (χ1n) is 9.44. The molecule has 0 radical (unpaired) electrons. The normalized spacial score (nSPS) is 24.4. The van der Waals surface area contributed by atoms with Gasteiger partial charge in [-0.2, -0.15) is 10.1 Å². The van der Waals surface area contributed by atoms with Crippen molar-refractivity contribution in [3.63, 3.8) is 0 Å². The van der Waals surface area contributed by atoms with E-state index < -0.39 is 0 Å². The summed E-state index contributed by atoms with van der Waals surface area (Å²) >= 11 is 0. The van der Waals surface area contributed by atoms with E-state index in [0.717, 1.165) is 37.3 Å². The standard InChI is InChI=1S/C18H27N7/c19-13-5-7-14(8-6-13)21-18-20-10-9-16(23-18)22-17-11-15(24-25-17)12-3-1-2-4-12/h9-14H,1-8,19H2,(H3,20,21,22,23,24,25)/t13-,14-. The average Bonchev–Trinajstić information content (AvgIpc) is 3.29. The molecule has 134 valence electrons. The van der Waals surface area contributed by atoms with Crippen LogP contribution in [-0.4, -0.2) is 32.2 Å². The fourth-order valence-electron chi connectivity index (χ4n) is 3.92. The predicted octanol–water partition coefficient (Wildman–Crippen LogP) is 3.28. The summed E-state index contributed by atoms with van der Waals surface area (Å²) < 4.78 is 0. The van der Waals surface area contributed by atoms with Crippen LogP contribution in [0, 0.1) is 0 Å². The summed E-state index contributed by atoms with van der Waals surface area (Å²) in [5.41, 5.74) is 7.20. The number of aromatic amines is 1. The van der Waals surface area contributed by atoms with Crippen LogP contribution in [0.3, 0.4) is 0 Å². The van der Waals surface area contributed by atoms with E-state index in [9.17, 15) is 0 Å². The van der Waals surface area contributed by atoms with Crippen LogP contribution in [0.4, 0.5) is 17.6 Å². The van der Waals surface area contributed by atoms with Crippen molar-refractivity contribution in [3.8, 4) is 0 Å². The van der Waals surface area contributed by atoms with Crippen LogP contribution in [0.15, 0.2) is 18.3 Å². The molecular weight excluding hydrogens is 314 g/mol. The van der Waals surface area contributed by atoms with Gasteiger partial charge in [-0.25, -0.2) is 4.98 Å². The maximum atomic E-state index is 5.97. The Morgan fingerprint density at radius 2 is 1.84 bits per heavy atom. The van der Waals surface area contributed by atoms with Gasteiger partial charge in [0, 0.05) is 36.0 Å². The highest BCUT2D eigenvalue weighted by molar-refractivity contribution is 5.53. The first kappa shape index (κ1) is 16.3. The minimum Gasteiger partial charge on any atom is -0.351 e. The molecule has 2 fully saturated rings. The Balaban J connectivity index is 1.38. The number of anilines is 3. The minimum absolute atomic E-state index is 0.348. The van der Waals surface area contributed by atoms with Crippen molar-refractivity contribution < 1.29 is 0 Å². The van der Waals surface area contributed by atoms with E-state index in [1.54, 1.807) is 6.20 Å². The number of hydrogen-bond donors (Lipinski definition) is 4. The van der Waals surface area contributed by atoms with Crippen molar-refractivity contribution in [2.24, 2.45) is 5.73 Å². The highest BCUT2D eigenvalue weighted by Crippen LogP contribution is 2.34. The van der Waals surface area contributed by atoms with Crippen LogP contribution >= 0.6 is 0 Å². The number of nitrogens with zero attached hydrogens (tertiary/aromatic N) is 3. The van der Waals surface area contributed by atoms with Crippen LogP contribution < -0.4 is 16.4 Å². The quantitative estimate of drug-likeness (QED) is 0.665. The number of aromatic nitrogens is 4. The fraction of sp³-hybridized carbons (Fsp3) is 0.611. The number of nitrogens with one attached hydrogen (secondary N) is 3. The SMILES string of the molecule is N[C@H]1CC[C@H](Nc2nccc(Nc3cc(C4CCCC4)[nH]n3)n2)CC1. The monoisotopic (exact) mass is 341 g/mol. The van der Waals surface area contributed by atoms with E-state index in [2.05, 4.69) is 36.9 Å². The molecule has 2 aliphatic carbocycles. The Kier molecular flexibility index (Phi) is 4.83. The highest BCUT2D eigenvalue weighted by atomic mass is 15.2. The van der Waals surface area contributed by atoms with Gasteiger partial charge in [-0.3, -0.25) is 5.10 Å². The molecule has 5 N–H and O–H groups in total. The number of H-pyrrole nitrogens is 1. The maximum absolute atomic E-state index is 5.97. The van der Waals surface area contributed by atoms with Crippen molar-refractivity contribution in [2.45, 2.75) is 69.4 Å². The molecule has 2 aliphatic rings. The van der Waals surface area contributed by atoms with Crippen LogP contribution in [0.1, 0.15) is 63.0 Å². The molecule has 2 aromatic rings. The van der Waals surface area contributed by atoms with Crippen molar-refractivity contribution >= 4 is 17.6 Å². The van der Waals surface area contributed by atoms with Crippen molar-refractivity contribution in [2.75, 3.05) is 10.6 Å². The summed E-state index contributed by atoms with van der Waals surface area (Å²) in [6.45, 7) is 0. The van der Waals surface area contributed by atoms with Gasteiger partial charge < -0.3 is 16.4 Å². The first-order valence-corrected chi connectivity index (χ1v) is 9.44. The zero-order chi connectivity index (χ0) is 17.1. The Bertz CT molecular complexity index is 684. The van der Waals surface area contributed by atoms with Gasteiger partial charge in [0.25, 0.3) is 0 Å². The Morgan fingerprint density at radius 3 is 2.64 bits per heavy atom. The molecule has 0 atom stereocenters. The first-order chi connectivity index (χ1) is 12.3. The third kappa shape index (κ3) is 4.10. The molecule has 2 saturated carbocycles. The summed E-state index contributed by atoms with van der Waals surface area (Å²) in [4.78, 5) is 8.91. The molecule has 0 unspecified atom stereocenters. The lowest BCUT2D eigenvalue weighted by Crippen LogP contribution is -2.33. The molecule has 0 amide bonds. The second kappa shape index (κ2) is 7.39. The minimum atomic E-state index is 0.348. The van der Waals surface area contributed by atoms with E-state index in [1.165, 1.54) is 31.4 Å². The number of hydrogen-bond acceptors (Lipinski definition) is 6. The van der Waals surface area contributed by atoms with E-state index >= 15 is 0 Å². The Hall–Kier alpha value is -2.15. The summed E-state index contributed by atoms with van der Waals surface area (Å²) in [5, 5.41) is 14.3. The van der Waals surface area contributed by atoms with Crippen molar-refractivity contribution in [1.82, 2.24) is 20.2 Å². The summed E-state index contributed by atoms with van der Waals surface area (Å²) in [5.74, 6) is 2.87. The van der Waals surface area contributed by atoms with Crippen LogP contribution in [0.2, 0.25) is 0 Å². The number of rotatable bonds is 5. The van der Waals surface area contributed by atoms with Crippen LogP contribution in [-0.2, 0) is 0 Å². The topological polar surface area (TPSA) is 105 Å². The largest absolute Gasteiger partial charge is 0.351 e. The predicted molar refractivity (Wildman–Crippen MR) is 99.0 cm³/mol. The Morgan fingerprint density at radius 1 is 1.04 bits per heavy atom. The molecule has 0 saturated heterocycles. The van der Waals surface area contributed by atoms with Gasteiger partial charge >= 0.3 is 0 Å². The molecule has 0 aromatic carbocycles. The molecule has 2 heterocycles. The molecule has 0 aliphatic heterocycles. The van der Waals surface area contributed by atoms with E-state index in [1.807, 2.05) is 6.07 Å². The van der Waals surface area contributed by atoms with E-state index in [-0.39, 0.29) is 0 Å². The average molecular weight is 341 g/mol. The molecule has 0 bridgehead atoms. The maximum Gasteiger partial charge on any atom is 0.224 e.